The molecule has 2 aliphatic rings. The van der Waals surface area contributed by atoms with Crippen LogP contribution in [0.5, 0.6) is 0 Å². The second-order valence-electron chi connectivity index (χ2n) is 8.78. The second kappa shape index (κ2) is 9.93. The van der Waals surface area contributed by atoms with Crippen molar-refractivity contribution in [2.45, 2.75) is 37.8 Å². The second-order valence-corrected chi connectivity index (χ2v) is 9.60. The van der Waals surface area contributed by atoms with E-state index in [0.29, 0.717) is 17.7 Å². The molecule has 2 aromatic heterocycles. The third-order valence-electron chi connectivity index (χ3n) is 6.30. The molecule has 0 radical (unpaired) electrons. The lowest BCUT2D eigenvalue weighted by Gasteiger charge is -2.32. The van der Waals surface area contributed by atoms with Gasteiger partial charge in [-0.1, -0.05) is 23.2 Å². The Balaban J connectivity index is 1.18. The minimum atomic E-state index is -0.907. The molecule has 0 atom stereocenters. The van der Waals surface area contributed by atoms with E-state index in [1.807, 2.05) is 0 Å². The van der Waals surface area contributed by atoms with Crippen molar-refractivity contribution in [2.75, 3.05) is 23.7 Å². The van der Waals surface area contributed by atoms with E-state index in [9.17, 15) is 14.0 Å². The summed E-state index contributed by atoms with van der Waals surface area (Å²) in [6.45, 7) is 2.18. The number of carbonyl (C=O) groups is 2. The van der Waals surface area contributed by atoms with Gasteiger partial charge in [0, 0.05) is 36.9 Å². The van der Waals surface area contributed by atoms with Gasteiger partial charge in [-0.3, -0.25) is 9.59 Å². The predicted octanol–water partition coefficient (Wildman–Crippen LogP) is 4.77. The van der Waals surface area contributed by atoms with Crippen molar-refractivity contribution in [3.63, 3.8) is 0 Å². The standard InChI is InChI=1S/C24H23Cl2FN6O2/c25-17-3-4-18(26)21(27)20(17)22(34)13-9-19(28-10-13)23(35)31-15-11-29-24(30-12-15)32-14-5-7-33(8-6-14)16-1-2-16/h3-4,9-12,14,16,28H,1-2,5-8H2,(H,31,35)(H,29,30,32). The Kier molecular flexibility index (Phi) is 6.73. The van der Waals surface area contributed by atoms with Crippen molar-refractivity contribution in [3.05, 3.63) is 69.5 Å². The number of nitrogens with zero attached hydrogens (tertiary/aromatic N) is 3. The highest BCUT2D eigenvalue weighted by Gasteiger charge is 2.31. The molecule has 1 saturated carbocycles. The fourth-order valence-corrected chi connectivity index (χ4v) is 4.62. The first-order valence-electron chi connectivity index (χ1n) is 11.4. The number of rotatable bonds is 7. The number of H-pyrrole nitrogens is 1. The molecule has 3 aromatic rings. The number of benzene rings is 1. The van der Waals surface area contributed by atoms with E-state index in [1.165, 1.54) is 49.6 Å². The topological polar surface area (TPSA) is 103 Å². The van der Waals surface area contributed by atoms with Gasteiger partial charge in [-0.15, -0.1) is 0 Å². The van der Waals surface area contributed by atoms with Crippen molar-refractivity contribution in [3.8, 4) is 0 Å². The zero-order valence-electron chi connectivity index (χ0n) is 18.7. The lowest BCUT2D eigenvalue weighted by Crippen LogP contribution is -2.40. The van der Waals surface area contributed by atoms with Crippen LogP contribution in [0.1, 0.15) is 52.1 Å². The SMILES string of the molecule is O=C(Nc1cnc(NC2CCN(C3CC3)CC2)nc1)c1cc(C(=O)c2c(Cl)ccc(Cl)c2F)c[nH]1. The van der Waals surface area contributed by atoms with Crippen LogP contribution in [0.25, 0.3) is 0 Å². The van der Waals surface area contributed by atoms with E-state index < -0.39 is 17.5 Å². The number of halogens is 3. The third kappa shape index (κ3) is 5.32. The van der Waals surface area contributed by atoms with E-state index in [4.69, 9.17) is 23.2 Å². The lowest BCUT2D eigenvalue weighted by atomic mass is 10.0. The molecule has 1 amide bonds. The minimum Gasteiger partial charge on any atom is -0.356 e. The average molecular weight is 517 g/mol. The van der Waals surface area contributed by atoms with Crippen LogP contribution in [0, 0.1) is 5.82 Å². The summed E-state index contributed by atoms with van der Waals surface area (Å²) in [4.78, 5) is 39.2. The maximum absolute atomic E-state index is 14.3. The first kappa shape index (κ1) is 23.7. The van der Waals surface area contributed by atoms with Gasteiger partial charge >= 0.3 is 0 Å². The van der Waals surface area contributed by atoms with Crippen LogP contribution in [0.15, 0.2) is 36.8 Å². The van der Waals surface area contributed by atoms with Crippen molar-refractivity contribution >= 4 is 46.5 Å². The highest BCUT2D eigenvalue weighted by Crippen LogP contribution is 2.30. The molecule has 0 bridgehead atoms. The number of aromatic amines is 1. The van der Waals surface area contributed by atoms with Crippen molar-refractivity contribution in [2.24, 2.45) is 0 Å². The molecular formula is C24H23Cl2FN6O2. The molecule has 3 heterocycles. The maximum atomic E-state index is 14.3. The molecular weight excluding hydrogens is 494 g/mol. The molecule has 1 aromatic carbocycles. The molecule has 1 saturated heterocycles. The van der Waals surface area contributed by atoms with Crippen LogP contribution in [-0.4, -0.2) is 56.7 Å². The Bertz CT molecular complexity index is 1250. The van der Waals surface area contributed by atoms with Gasteiger partial charge in [-0.2, -0.15) is 0 Å². The fraction of sp³-hybridized carbons (Fsp3) is 0.333. The van der Waals surface area contributed by atoms with Gasteiger partial charge in [-0.25, -0.2) is 14.4 Å². The summed E-state index contributed by atoms with van der Waals surface area (Å²) < 4.78 is 14.3. The molecule has 1 aliphatic carbocycles. The van der Waals surface area contributed by atoms with Crippen LogP contribution in [0.4, 0.5) is 16.0 Å². The highest BCUT2D eigenvalue weighted by molar-refractivity contribution is 6.37. The van der Waals surface area contributed by atoms with Crippen molar-refractivity contribution in [1.82, 2.24) is 19.9 Å². The molecule has 2 fully saturated rings. The Labute approximate surface area is 211 Å². The van der Waals surface area contributed by atoms with Crippen LogP contribution in [0.2, 0.25) is 10.0 Å². The molecule has 1 aliphatic heterocycles. The van der Waals surface area contributed by atoms with Crippen molar-refractivity contribution < 1.29 is 14.0 Å². The smallest absolute Gasteiger partial charge is 0.272 e. The Hall–Kier alpha value is -3.01. The number of ketones is 1. The van der Waals surface area contributed by atoms with E-state index in [0.717, 1.165) is 32.0 Å². The largest absolute Gasteiger partial charge is 0.356 e. The number of aromatic nitrogens is 3. The number of nitrogens with one attached hydrogen (secondary N) is 3. The Morgan fingerprint density at radius 1 is 1.06 bits per heavy atom. The van der Waals surface area contributed by atoms with Gasteiger partial charge in [0.05, 0.1) is 33.7 Å². The summed E-state index contributed by atoms with van der Waals surface area (Å²) in [5, 5.41) is 5.76. The molecule has 8 nitrogen and oxygen atoms in total. The van der Waals surface area contributed by atoms with E-state index in [1.54, 1.807) is 0 Å². The zero-order chi connectivity index (χ0) is 24.5. The normalized spacial score (nSPS) is 16.8. The van der Waals surface area contributed by atoms with Crippen LogP contribution >= 0.6 is 23.2 Å². The number of hydrogen-bond donors (Lipinski definition) is 3. The summed E-state index contributed by atoms with van der Waals surface area (Å²) >= 11 is 11.8. The maximum Gasteiger partial charge on any atom is 0.272 e. The van der Waals surface area contributed by atoms with Gasteiger partial charge in [0.1, 0.15) is 5.69 Å². The monoisotopic (exact) mass is 516 g/mol. The lowest BCUT2D eigenvalue weighted by molar-refractivity contribution is 0.102. The zero-order valence-corrected chi connectivity index (χ0v) is 20.2. The minimum absolute atomic E-state index is 0.0663. The molecule has 0 spiro atoms. The first-order valence-corrected chi connectivity index (χ1v) is 12.1. The highest BCUT2D eigenvalue weighted by atomic mass is 35.5. The number of carbonyl (C=O) groups excluding carboxylic acids is 2. The van der Waals surface area contributed by atoms with Crippen LogP contribution in [-0.2, 0) is 0 Å². The van der Waals surface area contributed by atoms with E-state index >= 15 is 0 Å². The average Bonchev–Trinajstić information content (AvgIpc) is 3.59. The Morgan fingerprint density at radius 2 is 1.74 bits per heavy atom. The number of piperidine rings is 1. The Morgan fingerprint density at radius 3 is 2.43 bits per heavy atom. The molecule has 182 valence electrons. The molecule has 5 rings (SSSR count). The summed E-state index contributed by atoms with van der Waals surface area (Å²) in [7, 11) is 0. The van der Waals surface area contributed by atoms with Gasteiger partial charge in [0.15, 0.2) is 11.6 Å². The number of anilines is 2. The van der Waals surface area contributed by atoms with Crippen molar-refractivity contribution in [1.29, 1.82) is 0 Å². The van der Waals surface area contributed by atoms with Gasteiger partial charge < -0.3 is 20.5 Å². The quantitative estimate of drug-likeness (QED) is 0.308. The summed E-state index contributed by atoms with van der Waals surface area (Å²) in [6.07, 6.45) is 9.09. The number of likely N-dealkylation sites (tertiary alicyclic amines) is 1. The first-order chi connectivity index (χ1) is 16.9. The number of hydrogen-bond acceptors (Lipinski definition) is 6. The van der Waals surface area contributed by atoms with Gasteiger partial charge in [0.25, 0.3) is 5.91 Å². The van der Waals surface area contributed by atoms with Gasteiger partial charge in [0.2, 0.25) is 5.95 Å². The molecule has 3 N–H and O–H groups in total. The third-order valence-corrected chi connectivity index (χ3v) is 6.90. The predicted molar refractivity (Wildman–Crippen MR) is 132 cm³/mol. The number of amides is 1. The van der Waals surface area contributed by atoms with Crippen LogP contribution in [0.3, 0.4) is 0 Å². The van der Waals surface area contributed by atoms with Crippen LogP contribution < -0.4 is 10.6 Å². The van der Waals surface area contributed by atoms with E-state index in [2.05, 4.69) is 30.5 Å². The van der Waals surface area contributed by atoms with Gasteiger partial charge in [-0.05, 0) is 43.9 Å². The van der Waals surface area contributed by atoms with E-state index in [-0.39, 0.29) is 26.9 Å². The molecule has 11 heteroatoms. The fourth-order valence-electron chi connectivity index (χ4n) is 4.23. The molecule has 0 unspecified atom stereocenters. The summed E-state index contributed by atoms with van der Waals surface area (Å²) in [6, 6.07) is 5.06. The molecule has 35 heavy (non-hydrogen) atoms. The summed E-state index contributed by atoms with van der Waals surface area (Å²) in [5.74, 6) is -1.58. The summed E-state index contributed by atoms with van der Waals surface area (Å²) in [5.41, 5.74) is 0.230.